The fourth-order valence-corrected chi connectivity index (χ4v) is 4.59. The summed E-state index contributed by atoms with van der Waals surface area (Å²) in [5.41, 5.74) is 0.686. The minimum Gasteiger partial charge on any atom is -0.367 e. The fourth-order valence-electron chi connectivity index (χ4n) is 4.59. The summed E-state index contributed by atoms with van der Waals surface area (Å²) in [6.07, 6.45) is 3.40. The Bertz CT molecular complexity index is 1360. The number of fused-ring (bicyclic) bond motifs is 1. The van der Waals surface area contributed by atoms with Crippen molar-refractivity contribution in [3.63, 3.8) is 0 Å². The van der Waals surface area contributed by atoms with E-state index in [0.29, 0.717) is 30.0 Å². The Balaban J connectivity index is 1.50. The van der Waals surface area contributed by atoms with E-state index in [4.69, 9.17) is 0 Å². The average Bonchev–Trinajstić information content (AvgIpc) is 3.70. The summed E-state index contributed by atoms with van der Waals surface area (Å²) >= 11 is 0. The van der Waals surface area contributed by atoms with Gasteiger partial charge in [-0.05, 0) is 43.7 Å². The smallest absolute Gasteiger partial charge is 0.269 e. The molecule has 35 heavy (non-hydrogen) atoms. The molecule has 0 radical (unpaired) electrons. The largest absolute Gasteiger partial charge is 0.367 e. The molecule has 182 valence electrons. The number of nitro groups is 1. The number of nitrogens with zero attached hydrogens (tertiary/aromatic N) is 4. The van der Waals surface area contributed by atoms with Crippen molar-refractivity contribution in [2.45, 2.75) is 25.8 Å². The quantitative estimate of drug-likeness (QED) is 0.427. The van der Waals surface area contributed by atoms with Gasteiger partial charge >= 0.3 is 0 Å². The lowest BCUT2D eigenvalue weighted by molar-refractivity contribution is -0.384. The van der Waals surface area contributed by atoms with E-state index in [1.54, 1.807) is 12.3 Å². The summed E-state index contributed by atoms with van der Waals surface area (Å²) < 4.78 is 17.1. The molecule has 1 aliphatic carbocycles. The van der Waals surface area contributed by atoms with E-state index < -0.39 is 22.1 Å². The summed E-state index contributed by atoms with van der Waals surface area (Å²) in [5.74, 6) is -1.12. The van der Waals surface area contributed by atoms with Crippen molar-refractivity contribution in [3.05, 3.63) is 74.3 Å². The van der Waals surface area contributed by atoms with Crippen molar-refractivity contribution < 1.29 is 14.1 Å². The van der Waals surface area contributed by atoms with Crippen molar-refractivity contribution in [1.29, 1.82) is 0 Å². The Kier molecular flexibility index (Phi) is 5.98. The number of hydrogen-bond acceptors (Lipinski definition) is 6. The number of rotatable bonds is 6. The molecule has 2 aliphatic rings. The molecule has 2 aromatic carbocycles. The van der Waals surface area contributed by atoms with E-state index in [1.165, 1.54) is 30.3 Å². The van der Waals surface area contributed by atoms with Gasteiger partial charge < -0.3 is 19.7 Å². The number of likely N-dealkylation sites (N-methyl/N-ethyl adjacent to an activating group) is 1. The van der Waals surface area contributed by atoms with E-state index in [0.717, 1.165) is 32.5 Å². The van der Waals surface area contributed by atoms with E-state index >= 15 is 4.39 Å². The summed E-state index contributed by atoms with van der Waals surface area (Å²) in [5, 5.41) is 13.6. The number of carbonyl (C=O) groups excluding carboxylic acids is 1. The topological polar surface area (TPSA) is 101 Å². The molecule has 2 fully saturated rings. The number of benzene rings is 2. The van der Waals surface area contributed by atoms with Crippen LogP contribution in [0.15, 0.2) is 47.4 Å². The number of pyridine rings is 1. The standard InChI is InChI=1S/C25H26FN5O4/c1-2-28-9-11-29(12-10-28)23-14-22-19(13-21(23)26)24(32)20(15-30(22)17-7-8-17)25(33)27-16-3-5-18(6-4-16)31(34)35/h3-6,13-15,17H,2,7-12H2,1H3,(H,27,33). The zero-order valence-electron chi connectivity index (χ0n) is 19.4. The molecule has 0 spiro atoms. The number of carbonyl (C=O) groups is 1. The van der Waals surface area contributed by atoms with Crippen LogP contribution in [-0.2, 0) is 0 Å². The SMILES string of the molecule is CCN1CCN(c2cc3c(cc2F)c(=O)c(C(=O)Nc2ccc([N+](=O)[O-])cc2)cn3C2CC2)CC1. The highest BCUT2D eigenvalue weighted by molar-refractivity contribution is 6.06. The van der Waals surface area contributed by atoms with Crippen LogP contribution in [0.1, 0.15) is 36.2 Å². The van der Waals surface area contributed by atoms with Gasteiger partial charge in [-0.1, -0.05) is 6.92 Å². The van der Waals surface area contributed by atoms with Crippen LogP contribution in [-0.4, -0.2) is 53.0 Å². The third-order valence-electron chi connectivity index (χ3n) is 6.78. The molecule has 1 saturated heterocycles. The molecule has 2 heterocycles. The van der Waals surface area contributed by atoms with Gasteiger partial charge in [-0.15, -0.1) is 0 Å². The van der Waals surface area contributed by atoms with Crippen molar-refractivity contribution in [3.8, 4) is 0 Å². The first-order valence-corrected chi connectivity index (χ1v) is 11.8. The normalized spacial score (nSPS) is 16.5. The summed E-state index contributed by atoms with van der Waals surface area (Å²) in [4.78, 5) is 40.9. The number of piperazine rings is 1. The number of nitro benzene ring substituents is 1. The Hall–Kier alpha value is -3.79. The van der Waals surface area contributed by atoms with Crippen molar-refractivity contribution in [1.82, 2.24) is 9.47 Å². The van der Waals surface area contributed by atoms with Gasteiger partial charge in [0.15, 0.2) is 0 Å². The first kappa shape index (κ1) is 23.0. The van der Waals surface area contributed by atoms with Gasteiger partial charge in [-0.2, -0.15) is 0 Å². The van der Waals surface area contributed by atoms with Crippen LogP contribution in [0.5, 0.6) is 0 Å². The van der Waals surface area contributed by atoms with Gasteiger partial charge in [-0.25, -0.2) is 4.39 Å². The lowest BCUT2D eigenvalue weighted by Crippen LogP contribution is -2.46. The van der Waals surface area contributed by atoms with Crippen LogP contribution in [0, 0.1) is 15.9 Å². The molecule has 5 rings (SSSR count). The van der Waals surface area contributed by atoms with Crippen LogP contribution in [0.2, 0.25) is 0 Å². The highest BCUT2D eigenvalue weighted by atomic mass is 19.1. The minimum absolute atomic E-state index is 0.0912. The molecule has 1 N–H and O–H groups in total. The van der Waals surface area contributed by atoms with Crippen molar-refractivity contribution in [2.75, 3.05) is 42.9 Å². The fraction of sp³-hybridized carbons (Fsp3) is 0.360. The van der Waals surface area contributed by atoms with Gasteiger partial charge in [0, 0.05) is 61.6 Å². The van der Waals surface area contributed by atoms with Gasteiger partial charge in [0.1, 0.15) is 11.4 Å². The highest BCUT2D eigenvalue weighted by Crippen LogP contribution is 2.38. The molecular formula is C25H26FN5O4. The zero-order valence-corrected chi connectivity index (χ0v) is 19.4. The Labute approximate surface area is 200 Å². The molecule has 0 unspecified atom stereocenters. The molecule has 9 nitrogen and oxygen atoms in total. The van der Waals surface area contributed by atoms with E-state index in [9.17, 15) is 19.7 Å². The maximum atomic E-state index is 15.2. The lowest BCUT2D eigenvalue weighted by atomic mass is 10.1. The van der Waals surface area contributed by atoms with Gasteiger partial charge in [0.2, 0.25) is 5.43 Å². The van der Waals surface area contributed by atoms with Crippen LogP contribution in [0.4, 0.5) is 21.5 Å². The Morgan fingerprint density at radius 2 is 1.83 bits per heavy atom. The number of anilines is 2. The summed E-state index contributed by atoms with van der Waals surface area (Å²) in [7, 11) is 0. The van der Waals surface area contributed by atoms with Gasteiger partial charge in [0.25, 0.3) is 11.6 Å². The number of halogens is 1. The maximum Gasteiger partial charge on any atom is 0.269 e. The molecule has 3 aromatic rings. The van der Waals surface area contributed by atoms with Crippen LogP contribution in [0.25, 0.3) is 10.9 Å². The maximum absolute atomic E-state index is 15.2. The van der Waals surface area contributed by atoms with Crippen molar-refractivity contribution in [2.24, 2.45) is 0 Å². The monoisotopic (exact) mass is 479 g/mol. The van der Waals surface area contributed by atoms with Crippen LogP contribution in [0.3, 0.4) is 0 Å². The molecule has 1 saturated carbocycles. The Morgan fingerprint density at radius 3 is 2.43 bits per heavy atom. The first-order chi connectivity index (χ1) is 16.9. The van der Waals surface area contributed by atoms with Crippen molar-refractivity contribution >= 4 is 33.9 Å². The highest BCUT2D eigenvalue weighted by Gasteiger charge is 2.28. The second-order valence-electron chi connectivity index (χ2n) is 9.01. The second kappa shape index (κ2) is 9.10. The molecule has 1 aromatic heterocycles. The number of nitrogens with one attached hydrogen (secondary N) is 1. The number of non-ortho nitro benzene ring substituents is 1. The predicted octanol–water partition coefficient (Wildman–Crippen LogP) is 3.78. The molecular weight excluding hydrogens is 453 g/mol. The number of hydrogen-bond donors (Lipinski definition) is 1. The van der Waals surface area contributed by atoms with Gasteiger partial charge in [0.05, 0.1) is 16.1 Å². The van der Waals surface area contributed by atoms with Crippen LogP contribution < -0.4 is 15.6 Å². The number of aromatic nitrogens is 1. The Morgan fingerprint density at radius 1 is 1.14 bits per heavy atom. The molecule has 10 heteroatoms. The second-order valence-corrected chi connectivity index (χ2v) is 9.01. The first-order valence-electron chi connectivity index (χ1n) is 11.8. The molecule has 1 aliphatic heterocycles. The third-order valence-corrected chi connectivity index (χ3v) is 6.78. The lowest BCUT2D eigenvalue weighted by Gasteiger charge is -2.35. The average molecular weight is 480 g/mol. The third kappa shape index (κ3) is 4.49. The van der Waals surface area contributed by atoms with E-state index in [1.807, 2.05) is 9.47 Å². The molecule has 0 bridgehead atoms. The molecule has 1 amide bonds. The van der Waals surface area contributed by atoms with E-state index in [-0.39, 0.29) is 22.7 Å². The van der Waals surface area contributed by atoms with Crippen LogP contribution >= 0.6 is 0 Å². The molecule has 0 atom stereocenters. The minimum atomic E-state index is -0.639. The summed E-state index contributed by atoms with van der Waals surface area (Å²) in [6, 6.07) is 8.50. The summed E-state index contributed by atoms with van der Waals surface area (Å²) in [6.45, 7) is 6.19. The van der Waals surface area contributed by atoms with Gasteiger partial charge in [-0.3, -0.25) is 19.7 Å². The van der Waals surface area contributed by atoms with E-state index in [2.05, 4.69) is 17.1 Å². The predicted molar refractivity (Wildman–Crippen MR) is 132 cm³/mol. The number of amides is 1. The zero-order chi connectivity index (χ0) is 24.7.